The molecule has 3 heteroatoms. The maximum atomic E-state index is 5.49. The molecule has 1 heterocycles. The average Bonchev–Trinajstić information content (AvgIpc) is 2.63. The molecule has 1 rings (SSSR count). The second kappa shape index (κ2) is 7.54. The van der Waals surface area contributed by atoms with Gasteiger partial charge in [0.1, 0.15) is 0 Å². The predicted octanol–water partition coefficient (Wildman–Crippen LogP) is 3.48. The van der Waals surface area contributed by atoms with Crippen LogP contribution in [0.15, 0.2) is 17.5 Å². The quantitative estimate of drug-likeness (QED) is 0.540. The van der Waals surface area contributed by atoms with Crippen molar-refractivity contribution in [1.82, 2.24) is 0 Å². The predicted molar refractivity (Wildman–Crippen MR) is 61.9 cm³/mol. The van der Waals surface area contributed by atoms with Gasteiger partial charge in [0.25, 0.3) is 0 Å². The van der Waals surface area contributed by atoms with E-state index in [1.807, 2.05) is 0 Å². The van der Waals surface area contributed by atoms with Gasteiger partial charge in [-0.2, -0.15) is 0 Å². The fourth-order valence-corrected chi connectivity index (χ4v) is 2.12. The van der Waals surface area contributed by atoms with Gasteiger partial charge in [0.15, 0.2) is 0 Å². The van der Waals surface area contributed by atoms with Gasteiger partial charge in [-0.05, 0) is 24.3 Å². The van der Waals surface area contributed by atoms with Gasteiger partial charge in [-0.1, -0.05) is 22.0 Å². The third-order valence-electron chi connectivity index (χ3n) is 1.75. The van der Waals surface area contributed by atoms with Crippen molar-refractivity contribution in [1.29, 1.82) is 0 Å². The van der Waals surface area contributed by atoms with Crippen LogP contribution in [-0.2, 0) is 11.2 Å². The molecule has 0 aliphatic rings. The molecule has 0 aliphatic carbocycles. The zero-order valence-electron chi connectivity index (χ0n) is 7.67. The zero-order valence-corrected chi connectivity index (χ0v) is 10.1. The third-order valence-corrected chi connectivity index (χ3v) is 3.24. The van der Waals surface area contributed by atoms with Crippen molar-refractivity contribution in [2.45, 2.75) is 19.3 Å². The SMILES string of the molecule is BrCCCCOCCc1cccs1. The highest BCUT2D eigenvalue weighted by Crippen LogP contribution is 2.08. The summed E-state index contributed by atoms with van der Waals surface area (Å²) < 4.78 is 5.49. The van der Waals surface area contributed by atoms with Crippen LogP contribution < -0.4 is 0 Å². The minimum Gasteiger partial charge on any atom is -0.381 e. The van der Waals surface area contributed by atoms with E-state index in [-0.39, 0.29) is 0 Å². The van der Waals surface area contributed by atoms with Crippen LogP contribution in [-0.4, -0.2) is 18.5 Å². The molecule has 1 aromatic rings. The van der Waals surface area contributed by atoms with Gasteiger partial charge in [0.2, 0.25) is 0 Å². The van der Waals surface area contributed by atoms with Crippen LogP contribution in [0.4, 0.5) is 0 Å². The van der Waals surface area contributed by atoms with Crippen LogP contribution >= 0.6 is 27.3 Å². The van der Waals surface area contributed by atoms with E-state index in [0.717, 1.165) is 31.4 Å². The molecule has 0 unspecified atom stereocenters. The van der Waals surface area contributed by atoms with Gasteiger partial charge in [-0.15, -0.1) is 11.3 Å². The number of hydrogen-bond acceptors (Lipinski definition) is 2. The van der Waals surface area contributed by atoms with Crippen molar-refractivity contribution in [3.05, 3.63) is 22.4 Å². The highest BCUT2D eigenvalue weighted by molar-refractivity contribution is 9.09. The molecular formula is C10H15BrOS. The number of unbranched alkanes of at least 4 members (excludes halogenated alkanes) is 1. The lowest BCUT2D eigenvalue weighted by molar-refractivity contribution is 0.135. The molecule has 0 N–H and O–H groups in total. The average molecular weight is 263 g/mol. The van der Waals surface area contributed by atoms with Crippen LogP contribution in [0, 0.1) is 0 Å². The minimum atomic E-state index is 0.864. The maximum absolute atomic E-state index is 5.49. The van der Waals surface area contributed by atoms with Crippen molar-refractivity contribution >= 4 is 27.3 Å². The summed E-state index contributed by atoms with van der Waals surface area (Å²) in [6.45, 7) is 1.76. The van der Waals surface area contributed by atoms with E-state index < -0.39 is 0 Å². The Hall–Kier alpha value is 0.140. The highest BCUT2D eigenvalue weighted by Gasteiger charge is 1.93. The first-order valence-electron chi connectivity index (χ1n) is 4.59. The Morgan fingerprint density at radius 2 is 2.23 bits per heavy atom. The van der Waals surface area contributed by atoms with E-state index in [9.17, 15) is 0 Å². The molecule has 0 fully saturated rings. The molecule has 0 saturated carbocycles. The van der Waals surface area contributed by atoms with Gasteiger partial charge in [0.05, 0.1) is 6.61 Å². The largest absolute Gasteiger partial charge is 0.381 e. The van der Waals surface area contributed by atoms with Crippen molar-refractivity contribution in [2.75, 3.05) is 18.5 Å². The van der Waals surface area contributed by atoms with Crippen molar-refractivity contribution < 1.29 is 4.74 Å². The lowest BCUT2D eigenvalue weighted by Crippen LogP contribution is -1.99. The Morgan fingerprint density at radius 3 is 2.92 bits per heavy atom. The molecule has 0 bridgehead atoms. The number of rotatable bonds is 7. The molecule has 0 radical (unpaired) electrons. The van der Waals surface area contributed by atoms with Crippen molar-refractivity contribution in [3.8, 4) is 0 Å². The Morgan fingerprint density at radius 1 is 1.31 bits per heavy atom. The molecule has 0 atom stereocenters. The lowest BCUT2D eigenvalue weighted by Gasteiger charge is -2.01. The Labute approximate surface area is 92.2 Å². The van der Waals surface area contributed by atoms with E-state index in [1.54, 1.807) is 11.3 Å². The first kappa shape index (κ1) is 11.2. The summed E-state index contributed by atoms with van der Waals surface area (Å²) in [5, 5.41) is 3.20. The van der Waals surface area contributed by atoms with Gasteiger partial charge in [0, 0.05) is 23.2 Å². The lowest BCUT2D eigenvalue weighted by atomic mass is 10.3. The molecule has 0 amide bonds. The number of halogens is 1. The first-order valence-corrected chi connectivity index (χ1v) is 6.59. The summed E-state index contributed by atoms with van der Waals surface area (Å²) in [5.74, 6) is 0. The van der Waals surface area contributed by atoms with Gasteiger partial charge >= 0.3 is 0 Å². The Kier molecular flexibility index (Phi) is 6.50. The van der Waals surface area contributed by atoms with E-state index in [2.05, 4.69) is 33.4 Å². The molecule has 0 spiro atoms. The third kappa shape index (κ3) is 5.45. The summed E-state index contributed by atoms with van der Waals surface area (Å²) in [4.78, 5) is 1.42. The fourth-order valence-electron chi connectivity index (χ4n) is 1.03. The monoisotopic (exact) mass is 262 g/mol. The highest BCUT2D eigenvalue weighted by atomic mass is 79.9. The van der Waals surface area contributed by atoms with Crippen molar-refractivity contribution in [2.24, 2.45) is 0 Å². The van der Waals surface area contributed by atoms with Gasteiger partial charge in [-0.25, -0.2) is 0 Å². The van der Waals surface area contributed by atoms with E-state index in [4.69, 9.17) is 4.74 Å². The summed E-state index contributed by atoms with van der Waals surface area (Å²) in [6.07, 6.45) is 3.43. The van der Waals surface area contributed by atoms with Crippen LogP contribution in [0.25, 0.3) is 0 Å². The topological polar surface area (TPSA) is 9.23 Å². The number of hydrogen-bond donors (Lipinski definition) is 0. The molecule has 74 valence electrons. The molecule has 0 aromatic carbocycles. The molecule has 0 aliphatic heterocycles. The van der Waals surface area contributed by atoms with E-state index in [0.29, 0.717) is 0 Å². The van der Waals surface area contributed by atoms with Crippen LogP contribution in [0.3, 0.4) is 0 Å². The van der Waals surface area contributed by atoms with Gasteiger partial charge in [-0.3, -0.25) is 0 Å². The number of ether oxygens (including phenoxy) is 1. The smallest absolute Gasteiger partial charge is 0.0514 e. The second-order valence-corrected chi connectivity index (χ2v) is 4.66. The molecule has 0 saturated heterocycles. The summed E-state index contributed by atoms with van der Waals surface area (Å²) in [6, 6.07) is 4.25. The fraction of sp³-hybridized carbons (Fsp3) is 0.600. The zero-order chi connectivity index (χ0) is 9.36. The number of alkyl halides is 1. The number of thiophene rings is 1. The second-order valence-electron chi connectivity index (χ2n) is 2.84. The van der Waals surface area contributed by atoms with Gasteiger partial charge < -0.3 is 4.74 Å². The Bertz CT molecular complexity index is 199. The maximum Gasteiger partial charge on any atom is 0.0514 e. The summed E-state index contributed by atoms with van der Waals surface area (Å²) in [5.41, 5.74) is 0. The van der Waals surface area contributed by atoms with Crippen LogP contribution in [0.5, 0.6) is 0 Å². The molecule has 1 nitrogen and oxygen atoms in total. The molecule has 13 heavy (non-hydrogen) atoms. The van der Waals surface area contributed by atoms with Crippen molar-refractivity contribution in [3.63, 3.8) is 0 Å². The summed E-state index contributed by atoms with van der Waals surface area (Å²) in [7, 11) is 0. The molecule has 1 aromatic heterocycles. The minimum absolute atomic E-state index is 0.864. The standard InChI is InChI=1S/C10H15BrOS/c11-6-1-2-7-12-8-5-10-4-3-9-13-10/h3-4,9H,1-2,5-8H2. The molecular weight excluding hydrogens is 248 g/mol. The van der Waals surface area contributed by atoms with E-state index in [1.165, 1.54) is 11.3 Å². The normalized spacial score (nSPS) is 10.5. The first-order chi connectivity index (χ1) is 6.43. The Balaban J connectivity index is 1.90. The summed E-state index contributed by atoms with van der Waals surface area (Å²) >= 11 is 5.20. The van der Waals surface area contributed by atoms with E-state index >= 15 is 0 Å². The van der Waals surface area contributed by atoms with Crippen LogP contribution in [0.1, 0.15) is 17.7 Å². The van der Waals surface area contributed by atoms with Crippen LogP contribution in [0.2, 0.25) is 0 Å².